The molecule has 0 aliphatic heterocycles. The van der Waals surface area contributed by atoms with E-state index >= 15 is 0 Å². The van der Waals surface area contributed by atoms with Gasteiger partial charge in [0.2, 0.25) is 5.91 Å². The van der Waals surface area contributed by atoms with Crippen LogP contribution in [-0.4, -0.2) is 48.4 Å². The quantitative estimate of drug-likeness (QED) is 0.310. The molecule has 3 aromatic heterocycles. The van der Waals surface area contributed by atoms with Crippen molar-refractivity contribution in [2.45, 2.75) is 44.2 Å². The van der Waals surface area contributed by atoms with Gasteiger partial charge in [-0.05, 0) is 50.3 Å². The standard InChI is InChI=1S/C29H29F3N2O5S/c1-38-14-13-34(27(35)19-8-10-20(11-9-19)29(30,31)32)22-16-25(40-26(22)28(36)37)18-6-4-17(5-7-18)24-15-21-23(39-24)3-2-12-33-21/h2-6,12,15-16,18-20H,7-11,13-14H2,1H3,(H,36,37)/t18?,19-,20-. The largest absolute Gasteiger partial charge is 0.477 e. The lowest BCUT2D eigenvalue weighted by Crippen LogP contribution is -2.41. The van der Waals surface area contributed by atoms with Gasteiger partial charge in [0.1, 0.15) is 16.2 Å². The van der Waals surface area contributed by atoms with Crippen molar-refractivity contribution < 1.29 is 37.0 Å². The summed E-state index contributed by atoms with van der Waals surface area (Å²) in [6.07, 6.45) is 3.97. The third kappa shape index (κ3) is 5.85. The molecule has 0 aromatic carbocycles. The summed E-state index contributed by atoms with van der Waals surface area (Å²) in [4.78, 5) is 32.3. The summed E-state index contributed by atoms with van der Waals surface area (Å²) in [5.41, 5.74) is 2.61. The van der Waals surface area contributed by atoms with Gasteiger partial charge < -0.3 is 19.2 Å². The zero-order chi connectivity index (χ0) is 28.4. The molecule has 212 valence electrons. The van der Waals surface area contributed by atoms with Gasteiger partial charge in [-0.25, -0.2) is 4.79 Å². The molecule has 3 heterocycles. The number of carboxylic acid groups (broad SMARTS) is 1. The van der Waals surface area contributed by atoms with Crippen molar-refractivity contribution >= 4 is 45.6 Å². The van der Waals surface area contributed by atoms with Crippen LogP contribution in [0.25, 0.3) is 16.7 Å². The lowest BCUT2D eigenvalue weighted by molar-refractivity contribution is -0.184. The first-order valence-corrected chi connectivity index (χ1v) is 13.9. The number of hydrogen-bond acceptors (Lipinski definition) is 6. The molecule has 0 saturated heterocycles. The number of allylic oxidation sites excluding steroid dienone is 4. The molecular weight excluding hydrogens is 545 g/mol. The first-order chi connectivity index (χ1) is 19.2. The molecule has 7 nitrogen and oxygen atoms in total. The zero-order valence-electron chi connectivity index (χ0n) is 21.8. The highest BCUT2D eigenvalue weighted by atomic mass is 32.1. The van der Waals surface area contributed by atoms with E-state index < -0.39 is 24.0 Å². The Kier molecular flexibility index (Phi) is 8.14. The Balaban J connectivity index is 1.36. The number of aromatic nitrogens is 1. The summed E-state index contributed by atoms with van der Waals surface area (Å²) >= 11 is 1.11. The SMILES string of the molecule is COCCN(c1cc(C2C=CC(c3cc4ncccc4o3)=CC2)sc1C(=O)O)C(=O)[C@H]1CC[C@H](C(F)(F)F)CC1. The molecule has 5 rings (SSSR count). The fourth-order valence-corrected chi connectivity index (χ4v) is 6.48. The average Bonchev–Trinajstić information content (AvgIpc) is 3.58. The van der Waals surface area contributed by atoms with Crippen molar-refractivity contribution in [3.8, 4) is 0 Å². The lowest BCUT2D eigenvalue weighted by Gasteiger charge is -2.32. The van der Waals surface area contributed by atoms with E-state index in [0.29, 0.717) is 17.8 Å². The number of amides is 1. The van der Waals surface area contributed by atoms with Gasteiger partial charge in [-0.15, -0.1) is 11.3 Å². The predicted octanol–water partition coefficient (Wildman–Crippen LogP) is 7.06. The third-order valence-electron chi connectivity index (χ3n) is 7.58. The molecule has 1 atom stereocenters. The highest BCUT2D eigenvalue weighted by Crippen LogP contribution is 2.43. The maximum atomic E-state index is 13.6. The number of hydrogen-bond donors (Lipinski definition) is 1. The number of furan rings is 1. The Labute approximate surface area is 232 Å². The van der Waals surface area contributed by atoms with Crippen LogP contribution in [-0.2, 0) is 9.53 Å². The number of aromatic carboxylic acids is 1. The first-order valence-electron chi connectivity index (χ1n) is 13.1. The summed E-state index contributed by atoms with van der Waals surface area (Å²) in [6, 6.07) is 7.25. The first kappa shape index (κ1) is 28.1. The van der Waals surface area contributed by atoms with Crippen molar-refractivity contribution in [3.05, 3.63) is 64.2 Å². The minimum absolute atomic E-state index is 0.0231. The molecule has 2 aliphatic rings. The van der Waals surface area contributed by atoms with Gasteiger partial charge in [0.15, 0.2) is 5.58 Å². The van der Waals surface area contributed by atoms with Gasteiger partial charge in [-0.3, -0.25) is 9.78 Å². The van der Waals surface area contributed by atoms with Gasteiger partial charge in [-0.2, -0.15) is 13.2 Å². The van der Waals surface area contributed by atoms with Crippen LogP contribution in [0.5, 0.6) is 0 Å². The minimum Gasteiger partial charge on any atom is -0.477 e. The number of halogens is 3. The van der Waals surface area contributed by atoms with Crippen LogP contribution >= 0.6 is 11.3 Å². The molecule has 1 N–H and O–H groups in total. The van der Waals surface area contributed by atoms with Crippen LogP contribution in [0.2, 0.25) is 0 Å². The molecule has 40 heavy (non-hydrogen) atoms. The topological polar surface area (TPSA) is 92.9 Å². The minimum atomic E-state index is -4.27. The van der Waals surface area contributed by atoms with Crippen LogP contribution in [0, 0.1) is 11.8 Å². The number of methoxy groups -OCH3 is 1. The fraction of sp³-hybridized carbons (Fsp3) is 0.414. The van der Waals surface area contributed by atoms with E-state index in [0.717, 1.165) is 27.3 Å². The Morgan fingerprint density at radius 1 is 1.23 bits per heavy atom. The lowest BCUT2D eigenvalue weighted by atomic mass is 9.81. The number of carboxylic acids is 1. The summed E-state index contributed by atoms with van der Waals surface area (Å²) in [5.74, 6) is -2.93. The predicted molar refractivity (Wildman–Crippen MR) is 145 cm³/mol. The molecule has 0 bridgehead atoms. The molecule has 3 aromatic rings. The second-order valence-electron chi connectivity index (χ2n) is 10.1. The van der Waals surface area contributed by atoms with Crippen molar-refractivity contribution in [3.63, 3.8) is 0 Å². The van der Waals surface area contributed by atoms with Crippen LogP contribution in [0.15, 0.2) is 53.1 Å². The smallest absolute Gasteiger partial charge is 0.391 e. The van der Waals surface area contributed by atoms with Crippen LogP contribution in [0.3, 0.4) is 0 Å². The number of carbonyl (C=O) groups is 2. The second kappa shape index (κ2) is 11.6. The summed E-state index contributed by atoms with van der Waals surface area (Å²) in [7, 11) is 1.48. The summed E-state index contributed by atoms with van der Waals surface area (Å²) in [6.45, 7) is 0.269. The molecule has 0 spiro atoms. The number of anilines is 1. The molecule has 1 unspecified atom stereocenters. The van der Waals surface area contributed by atoms with Gasteiger partial charge in [-0.1, -0.05) is 18.2 Å². The Hall–Kier alpha value is -3.44. The number of ether oxygens (including phenoxy) is 1. The number of carbonyl (C=O) groups excluding carboxylic acids is 1. The Morgan fingerprint density at radius 3 is 2.62 bits per heavy atom. The van der Waals surface area contributed by atoms with Crippen molar-refractivity contribution in [1.82, 2.24) is 4.98 Å². The number of rotatable bonds is 8. The van der Waals surface area contributed by atoms with Gasteiger partial charge >= 0.3 is 12.1 Å². The normalized spacial score (nSPS) is 21.4. The summed E-state index contributed by atoms with van der Waals surface area (Å²) < 4.78 is 50.5. The molecular formula is C29H29F3N2O5S. The zero-order valence-corrected chi connectivity index (χ0v) is 22.6. The van der Waals surface area contributed by atoms with Crippen molar-refractivity contribution in [1.29, 1.82) is 0 Å². The van der Waals surface area contributed by atoms with Gasteiger partial charge in [0.25, 0.3) is 0 Å². The number of fused-ring (bicyclic) bond motifs is 1. The third-order valence-corrected chi connectivity index (χ3v) is 8.82. The molecule has 2 aliphatic carbocycles. The van der Waals surface area contributed by atoms with E-state index in [-0.39, 0.29) is 61.2 Å². The second-order valence-corrected chi connectivity index (χ2v) is 11.2. The Bertz CT molecular complexity index is 1420. The van der Waals surface area contributed by atoms with Gasteiger partial charge in [0.05, 0.1) is 18.2 Å². The summed E-state index contributed by atoms with van der Waals surface area (Å²) in [5, 5.41) is 10.00. The molecule has 0 radical (unpaired) electrons. The maximum absolute atomic E-state index is 13.6. The number of pyridine rings is 1. The molecule has 1 amide bonds. The van der Waals surface area contributed by atoms with Crippen LogP contribution in [0.1, 0.15) is 58.3 Å². The van der Waals surface area contributed by atoms with Crippen molar-refractivity contribution in [2.24, 2.45) is 11.8 Å². The van der Waals surface area contributed by atoms with E-state index in [1.165, 1.54) is 12.0 Å². The van der Waals surface area contributed by atoms with Crippen LogP contribution in [0.4, 0.5) is 18.9 Å². The monoisotopic (exact) mass is 574 g/mol. The van der Waals surface area contributed by atoms with E-state index in [9.17, 15) is 27.9 Å². The van der Waals surface area contributed by atoms with E-state index in [1.807, 2.05) is 30.4 Å². The van der Waals surface area contributed by atoms with E-state index in [4.69, 9.17) is 9.15 Å². The van der Waals surface area contributed by atoms with E-state index in [1.54, 1.807) is 18.3 Å². The van der Waals surface area contributed by atoms with Crippen LogP contribution < -0.4 is 4.90 Å². The molecule has 1 fully saturated rings. The Morgan fingerprint density at radius 2 is 2.00 bits per heavy atom. The number of thiophene rings is 1. The molecule has 1 saturated carbocycles. The van der Waals surface area contributed by atoms with E-state index in [2.05, 4.69) is 4.98 Å². The highest BCUT2D eigenvalue weighted by molar-refractivity contribution is 7.14. The van der Waals surface area contributed by atoms with Crippen molar-refractivity contribution in [2.75, 3.05) is 25.2 Å². The number of nitrogens with zero attached hydrogens (tertiary/aromatic N) is 2. The fourth-order valence-electron chi connectivity index (χ4n) is 5.38. The van der Waals surface area contributed by atoms with Gasteiger partial charge in [0, 0.05) is 48.2 Å². The maximum Gasteiger partial charge on any atom is 0.391 e. The average molecular weight is 575 g/mol. The highest BCUT2D eigenvalue weighted by Gasteiger charge is 2.43. The number of alkyl halides is 3. The molecule has 11 heteroatoms.